The number of hydrogen-bond acceptors (Lipinski definition) is 3. The first-order chi connectivity index (χ1) is 9.91. The summed E-state index contributed by atoms with van der Waals surface area (Å²) in [5.74, 6) is 0. The van der Waals surface area contributed by atoms with Crippen molar-refractivity contribution in [2.24, 2.45) is 5.41 Å². The largest absolute Gasteiger partial charge is 0.395 e. The standard InChI is InChI=1S/C17H25N3O/c1-17(2,3)16(13-21)19(4)12-14-10-11-20(18-14)15-8-6-5-7-9-15/h5-11,16,21H,12-13H2,1-4H3. The molecule has 0 fully saturated rings. The molecular weight excluding hydrogens is 262 g/mol. The first-order valence-electron chi connectivity index (χ1n) is 7.33. The third-order valence-corrected chi connectivity index (χ3v) is 3.78. The van der Waals surface area contributed by atoms with Crippen LogP contribution in [0, 0.1) is 5.41 Å². The molecule has 1 unspecified atom stereocenters. The fourth-order valence-electron chi connectivity index (χ4n) is 2.61. The van der Waals surface area contributed by atoms with Crippen LogP contribution in [-0.4, -0.2) is 39.5 Å². The highest BCUT2D eigenvalue weighted by molar-refractivity contribution is 5.30. The number of benzene rings is 1. The molecule has 1 atom stereocenters. The molecule has 0 saturated heterocycles. The fourth-order valence-corrected chi connectivity index (χ4v) is 2.61. The second-order valence-corrected chi connectivity index (χ2v) is 6.57. The van der Waals surface area contributed by atoms with Gasteiger partial charge in [0.05, 0.1) is 18.0 Å². The van der Waals surface area contributed by atoms with E-state index >= 15 is 0 Å². The van der Waals surface area contributed by atoms with Crippen LogP contribution in [0.3, 0.4) is 0 Å². The van der Waals surface area contributed by atoms with E-state index in [2.05, 4.69) is 30.8 Å². The molecule has 114 valence electrons. The second kappa shape index (κ2) is 6.41. The van der Waals surface area contributed by atoms with Crippen LogP contribution >= 0.6 is 0 Å². The van der Waals surface area contributed by atoms with Gasteiger partial charge in [-0.05, 0) is 30.7 Å². The summed E-state index contributed by atoms with van der Waals surface area (Å²) in [5, 5.41) is 14.2. The van der Waals surface area contributed by atoms with Crippen molar-refractivity contribution < 1.29 is 5.11 Å². The lowest BCUT2D eigenvalue weighted by Crippen LogP contribution is -2.44. The fraction of sp³-hybridized carbons (Fsp3) is 0.471. The predicted octanol–water partition coefficient (Wildman–Crippen LogP) is 2.71. The average molecular weight is 287 g/mol. The van der Waals surface area contributed by atoms with Crippen LogP contribution in [0.2, 0.25) is 0 Å². The smallest absolute Gasteiger partial charge is 0.0769 e. The maximum Gasteiger partial charge on any atom is 0.0769 e. The normalized spacial score (nSPS) is 13.6. The van der Waals surface area contributed by atoms with E-state index in [1.807, 2.05) is 54.3 Å². The van der Waals surface area contributed by atoms with Gasteiger partial charge in [0.2, 0.25) is 0 Å². The molecule has 1 aromatic heterocycles. The lowest BCUT2D eigenvalue weighted by Gasteiger charge is -2.36. The van der Waals surface area contributed by atoms with Gasteiger partial charge in [0, 0.05) is 18.8 Å². The second-order valence-electron chi connectivity index (χ2n) is 6.57. The van der Waals surface area contributed by atoms with Crippen molar-refractivity contribution in [3.05, 3.63) is 48.3 Å². The molecule has 4 heteroatoms. The Morgan fingerprint density at radius 2 is 1.86 bits per heavy atom. The Morgan fingerprint density at radius 1 is 1.19 bits per heavy atom. The van der Waals surface area contributed by atoms with Gasteiger partial charge in [0.15, 0.2) is 0 Å². The zero-order chi connectivity index (χ0) is 15.5. The van der Waals surface area contributed by atoms with Gasteiger partial charge in [0.1, 0.15) is 0 Å². The van der Waals surface area contributed by atoms with Crippen LogP contribution in [0.4, 0.5) is 0 Å². The molecule has 1 aromatic carbocycles. The molecule has 21 heavy (non-hydrogen) atoms. The van der Waals surface area contributed by atoms with Gasteiger partial charge < -0.3 is 5.11 Å². The van der Waals surface area contributed by atoms with E-state index < -0.39 is 0 Å². The summed E-state index contributed by atoms with van der Waals surface area (Å²) in [6.07, 6.45) is 1.98. The molecule has 1 heterocycles. The van der Waals surface area contributed by atoms with Crippen molar-refractivity contribution in [1.29, 1.82) is 0 Å². The van der Waals surface area contributed by atoms with E-state index in [-0.39, 0.29) is 18.1 Å². The van der Waals surface area contributed by atoms with Gasteiger partial charge in [-0.25, -0.2) is 4.68 Å². The van der Waals surface area contributed by atoms with Crippen LogP contribution in [0.15, 0.2) is 42.6 Å². The van der Waals surface area contributed by atoms with Crippen LogP contribution in [-0.2, 0) is 6.54 Å². The van der Waals surface area contributed by atoms with Crippen molar-refractivity contribution in [1.82, 2.24) is 14.7 Å². The number of likely N-dealkylation sites (N-methyl/N-ethyl adjacent to an activating group) is 1. The number of aromatic nitrogens is 2. The Morgan fingerprint density at radius 3 is 2.43 bits per heavy atom. The highest BCUT2D eigenvalue weighted by atomic mass is 16.3. The van der Waals surface area contributed by atoms with E-state index in [1.165, 1.54) is 0 Å². The summed E-state index contributed by atoms with van der Waals surface area (Å²) in [6.45, 7) is 7.31. The van der Waals surface area contributed by atoms with Crippen molar-refractivity contribution in [2.45, 2.75) is 33.4 Å². The Hall–Kier alpha value is -1.65. The first kappa shape index (κ1) is 15.7. The summed E-state index contributed by atoms with van der Waals surface area (Å²) < 4.78 is 1.88. The summed E-state index contributed by atoms with van der Waals surface area (Å²) in [7, 11) is 2.04. The number of aliphatic hydroxyl groups is 1. The molecule has 0 saturated carbocycles. The van der Waals surface area contributed by atoms with Gasteiger partial charge in [-0.2, -0.15) is 5.10 Å². The number of hydrogen-bond donors (Lipinski definition) is 1. The molecule has 0 bridgehead atoms. The molecule has 2 rings (SSSR count). The number of nitrogens with zero attached hydrogens (tertiary/aromatic N) is 3. The van der Waals surface area contributed by atoms with Gasteiger partial charge in [0.25, 0.3) is 0 Å². The molecule has 0 aliphatic rings. The number of aliphatic hydroxyl groups excluding tert-OH is 1. The first-order valence-corrected chi connectivity index (χ1v) is 7.33. The molecule has 2 aromatic rings. The van der Waals surface area contributed by atoms with E-state index in [0.29, 0.717) is 0 Å². The van der Waals surface area contributed by atoms with Crippen LogP contribution in [0.5, 0.6) is 0 Å². The van der Waals surface area contributed by atoms with Crippen LogP contribution < -0.4 is 0 Å². The van der Waals surface area contributed by atoms with Gasteiger partial charge in [-0.15, -0.1) is 0 Å². The van der Waals surface area contributed by atoms with Crippen LogP contribution in [0.25, 0.3) is 5.69 Å². The summed E-state index contributed by atoms with van der Waals surface area (Å²) in [5.41, 5.74) is 2.09. The SMILES string of the molecule is CN(Cc1ccn(-c2ccccc2)n1)C(CO)C(C)(C)C. The number of rotatable bonds is 5. The molecule has 0 spiro atoms. The molecule has 0 amide bonds. The summed E-state index contributed by atoms with van der Waals surface area (Å²) in [6, 6.07) is 12.2. The zero-order valence-electron chi connectivity index (χ0n) is 13.3. The third-order valence-electron chi connectivity index (χ3n) is 3.78. The minimum absolute atomic E-state index is 0.0332. The Bertz CT molecular complexity index is 557. The molecular formula is C17H25N3O. The highest BCUT2D eigenvalue weighted by Gasteiger charge is 2.27. The lowest BCUT2D eigenvalue weighted by atomic mass is 9.86. The zero-order valence-corrected chi connectivity index (χ0v) is 13.3. The van der Waals surface area contributed by atoms with Gasteiger partial charge >= 0.3 is 0 Å². The number of para-hydroxylation sites is 1. The summed E-state index contributed by atoms with van der Waals surface area (Å²) >= 11 is 0. The van der Waals surface area contributed by atoms with Crippen LogP contribution in [0.1, 0.15) is 26.5 Å². The van der Waals surface area contributed by atoms with E-state index in [4.69, 9.17) is 0 Å². The molecule has 0 aliphatic carbocycles. The monoisotopic (exact) mass is 287 g/mol. The van der Waals surface area contributed by atoms with Crippen molar-refractivity contribution in [3.8, 4) is 5.69 Å². The molecule has 4 nitrogen and oxygen atoms in total. The Labute approximate surface area is 127 Å². The maximum atomic E-state index is 9.63. The Kier molecular flexibility index (Phi) is 4.80. The van der Waals surface area contributed by atoms with Gasteiger partial charge in [-0.3, -0.25) is 4.90 Å². The lowest BCUT2D eigenvalue weighted by molar-refractivity contribution is 0.0606. The van der Waals surface area contributed by atoms with E-state index in [9.17, 15) is 5.11 Å². The van der Waals surface area contributed by atoms with Crippen molar-refractivity contribution >= 4 is 0 Å². The maximum absolute atomic E-state index is 9.63. The predicted molar refractivity (Wildman–Crippen MR) is 85.4 cm³/mol. The average Bonchev–Trinajstić information content (AvgIpc) is 2.87. The van der Waals surface area contributed by atoms with E-state index in [0.717, 1.165) is 17.9 Å². The van der Waals surface area contributed by atoms with Crippen molar-refractivity contribution in [2.75, 3.05) is 13.7 Å². The summed E-state index contributed by atoms with van der Waals surface area (Å²) in [4.78, 5) is 2.16. The Balaban J connectivity index is 2.09. The molecule has 1 N–H and O–H groups in total. The molecule has 0 aliphatic heterocycles. The molecule has 0 radical (unpaired) electrons. The topological polar surface area (TPSA) is 41.3 Å². The third kappa shape index (κ3) is 3.93. The highest BCUT2D eigenvalue weighted by Crippen LogP contribution is 2.24. The van der Waals surface area contributed by atoms with Crippen molar-refractivity contribution in [3.63, 3.8) is 0 Å². The van der Waals surface area contributed by atoms with E-state index in [1.54, 1.807) is 0 Å². The minimum atomic E-state index is 0.0332. The quantitative estimate of drug-likeness (QED) is 0.919. The van der Waals surface area contributed by atoms with Gasteiger partial charge in [-0.1, -0.05) is 39.0 Å². The minimum Gasteiger partial charge on any atom is -0.395 e.